The maximum Gasteiger partial charge on any atom is 0.259 e. The maximum absolute atomic E-state index is 12.8. The van der Waals surface area contributed by atoms with Gasteiger partial charge in [-0.15, -0.1) is 0 Å². The van der Waals surface area contributed by atoms with E-state index in [2.05, 4.69) is 23.0 Å². The molecule has 0 saturated heterocycles. The zero-order chi connectivity index (χ0) is 21.4. The van der Waals surface area contributed by atoms with Gasteiger partial charge >= 0.3 is 0 Å². The van der Waals surface area contributed by atoms with E-state index in [1.54, 1.807) is 16.8 Å². The summed E-state index contributed by atoms with van der Waals surface area (Å²) in [5.74, 6) is 1.13. The Hall–Kier alpha value is -3.09. The zero-order valence-corrected chi connectivity index (χ0v) is 18.0. The molecule has 0 amide bonds. The normalized spacial score (nSPS) is 13.7. The van der Waals surface area contributed by atoms with Crippen LogP contribution in [0.15, 0.2) is 59.5 Å². The van der Waals surface area contributed by atoms with Crippen molar-refractivity contribution in [2.45, 2.75) is 19.4 Å². The van der Waals surface area contributed by atoms with Gasteiger partial charge in [0.05, 0.1) is 0 Å². The smallest absolute Gasteiger partial charge is 0.259 e. The van der Waals surface area contributed by atoms with Crippen LogP contribution in [0.4, 0.5) is 0 Å². The molecule has 7 heteroatoms. The zero-order valence-electron chi connectivity index (χ0n) is 17.3. The first kappa shape index (κ1) is 19.8. The Balaban J connectivity index is 1.42. The summed E-state index contributed by atoms with van der Waals surface area (Å²) in [6.07, 6.45) is 3.69. The molecular formula is C24H23ClN4O2. The minimum absolute atomic E-state index is 0.180. The molecule has 0 saturated carbocycles. The molecule has 0 unspecified atom stereocenters. The van der Waals surface area contributed by atoms with Crippen molar-refractivity contribution < 1.29 is 4.74 Å². The van der Waals surface area contributed by atoms with E-state index in [-0.39, 0.29) is 5.56 Å². The number of benzene rings is 1. The number of halogens is 1. The predicted octanol–water partition coefficient (Wildman–Crippen LogP) is 3.64. The van der Waals surface area contributed by atoms with Crippen LogP contribution in [0.25, 0.3) is 16.9 Å². The van der Waals surface area contributed by atoms with Crippen molar-refractivity contribution in [1.29, 1.82) is 0 Å². The van der Waals surface area contributed by atoms with Gasteiger partial charge in [-0.25, -0.2) is 4.98 Å². The lowest BCUT2D eigenvalue weighted by molar-refractivity contribution is 0.305. The second-order valence-electron chi connectivity index (χ2n) is 7.76. The molecule has 0 atom stereocenters. The highest BCUT2D eigenvalue weighted by atomic mass is 35.5. The molecule has 158 valence electrons. The largest absolute Gasteiger partial charge is 0.489 e. The fraction of sp³-hybridized carbons (Fsp3) is 0.250. The fourth-order valence-corrected chi connectivity index (χ4v) is 4.31. The maximum atomic E-state index is 12.8. The average Bonchev–Trinajstić information content (AvgIpc) is 2.93. The third kappa shape index (κ3) is 3.84. The first-order valence-electron chi connectivity index (χ1n) is 10.4. The topological polar surface area (TPSA) is 61.1 Å². The van der Waals surface area contributed by atoms with E-state index in [0.29, 0.717) is 23.2 Å². The number of hydrogen-bond acceptors (Lipinski definition) is 4. The van der Waals surface area contributed by atoms with Gasteiger partial charge in [0.15, 0.2) is 0 Å². The quantitative estimate of drug-likeness (QED) is 0.532. The molecule has 1 aliphatic heterocycles. The van der Waals surface area contributed by atoms with Gasteiger partial charge in [-0.1, -0.05) is 23.7 Å². The molecule has 1 aliphatic rings. The number of nitrogens with zero attached hydrogens (tertiary/aromatic N) is 3. The van der Waals surface area contributed by atoms with Crippen LogP contribution in [0.5, 0.6) is 5.75 Å². The molecule has 4 aromatic rings. The molecule has 3 aromatic heterocycles. The molecule has 6 nitrogen and oxygen atoms in total. The van der Waals surface area contributed by atoms with Gasteiger partial charge < -0.3 is 14.6 Å². The van der Waals surface area contributed by atoms with E-state index in [4.69, 9.17) is 21.3 Å². The van der Waals surface area contributed by atoms with Gasteiger partial charge in [-0.2, -0.15) is 0 Å². The Morgan fingerprint density at radius 1 is 1.10 bits per heavy atom. The van der Waals surface area contributed by atoms with Crippen LogP contribution in [0.3, 0.4) is 0 Å². The highest BCUT2D eigenvalue weighted by molar-refractivity contribution is 6.30. The fourth-order valence-electron chi connectivity index (χ4n) is 4.18. The lowest BCUT2D eigenvalue weighted by atomic mass is 10.1. The Bertz CT molecular complexity index is 1310. The van der Waals surface area contributed by atoms with Gasteiger partial charge in [-0.05, 0) is 54.4 Å². The SMILES string of the molecule is Cn1c2c(c3ccc(-n4ccc(OCc5ccc(Cl)cc5)cc4=O)nc31)CCNCC2. The minimum Gasteiger partial charge on any atom is -0.489 e. The van der Waals surface area contributed by atoms with Gasteiger partial charge in [0.1, 0.15) is 23.8 Å². The molecule has 0 bridgehead atoms. The highest BCUT2D eigenvalue weighted by Crippen LogP contribution is 2.27. The number of aryl methyl sites for hydroxylation is 1. The number of aromatic nitrogens is 3. The summed E-state index contributed by atoms with van der Waals surface area (Å²) < 4.78 is 9.49. The summed E-state index contributed by atoms with van der Waals surface area (Å²) in [4.78, 5) is 17.6. The van der Waals surface area contributed by atoms with Crippen LogP contribution < -0.4 is 15.6 Å². The number of ether oxygens (including phenoxy) is 1. The van der Waals surface area contributed by atoms with E-state index in [1.165, 1.54) is 22.7 Å². The molecular weight excluding hydrogens is 412 g/mol. The number of fused-ring (bicyclic) bond motifs is 3. The molecule has 4 heterocycles. The molecule has 1 aromatic carbocycles. The Morgan fingerprint density at radius 3 is 2.71 bits per heavy atom. The summed E-state index contributed by atoms with van der Waals surface area (Å²) in [6.45, 7) is 2.32. The van der Waals surface area contributed by atoms with Crippen molar-refractivity contribution in [3.63, 3.8) is 0 Å². The molecule has 31 heavy (non-hydrogen) atoms. The summed E-state index contributed by atoms with van der Waals surface area (Å²) in [5, 5.41) is 5.30. The van der Waals surface area contributed by atoms with E-state index < -0.39 is 0 Å². The average molecular weight is 435 g/mol. The second kappa shape index (κ2) is 8.21. The van der Waals surface area contributed by atoms with Crippen molar-refractivity contribution in [2.75, 3.05) is 13.1 Å². The van der Waals surface area contributed by atoms with E-state index in [9.17, 15) is 4.79 Å². The third-order valence-corrected chi connectivity index (χ3v) is 6.06. The van der Waals surface area contributed by atoms with Crippen molar-refractivity contribution in [3.05, 3.63) is 86.9 Å². The number of nitrogens with one attached hydrogen (secondary N) is 1. The monoisotopic (exact) mass is 434 g/mol. The third-order valence-electron chi connectivity index (χ3n) is 5.80. The molecule has 0 radical (unpaired) electrons. The first-order valence-corrected chi connectivity index (χ1v) is 10.8. The number of rotatable bonds is 4. The Kier molecular flexibility index (Phi) is 5.26. The summed E-state index contributed by atoms with van der Waals surface area (Å²) in [6, 6.07) is 14.7. The van der Waals surface area contributed by atoms with Crippen LogP contribution in [-0.4, -0.2) is 27.2 Å². The summed E-state index contributed by atoms with van der Waals surface area (Å²) >= 11 is 5.91. The van der Waals surface area contributed by atoms with Crippen LogP contribution >= 0.6 is 11.6 Å². The molecule has 0 spiro atoms. The van der Waals surface area contributed by atoms with E-state index >= 15 is 0 Å². The number of pyridine rings is 2. The standard InChI is InChI=1S/C24H23ClN4O2/c1-28-21-9-12-26-11-8-19(21)20-6-7-22(27-24(20)28)29-13-10-18(14-23(29)30)31-15-16-2-4-17(25)5-3-16/h2-7,10,13-14,26H,8-9,11-12,15H2,1H3. The molecule has 1 N–H and O–H groups in total. The van der Waals surface area contributed by atoms with Crippen molar-refractivity contribution >= 4 is 22.6 Å². The lowest BCUT2D eigenvalue weighted by Gasteiger charge is -2.09. The minimum atomic E-state index is -0.180. The van der Waals surface area contributed by atoms with Crippen LogP contribution in [0.1, 0.15) is 16.8 Å². The van der Waals surface area contributed by atoms with Crippen LogP contribution in [-0.2, 0) is 26.5 Å². The van der Waals surface area contributed by atoms with Gasteiger partial charge in [-0.3, -0.25) is 9.36 Å². The highest BCUT2D eigenvalue weighted by Gasteiger charge is 2.18. The Morgan fingerprint density at radius 2 is 1.90 bits per heavy atom. The second-order valence-corrected chi connectivity index (χ2v) is 8.20. The number of hydrogen-bond donors (Lipinski definition) is 1. The molecule has 5 rings (SSSR count). The first-order chi connectivity index (χ1) is 15.1. The van der Waals surface area contributed by atoms with Crippen LogP contribution in [0.2, 0.25) is 5.02 Å². The lowest BCUT2D eigenvalue weighted by Crippen LogP contribution is -2.18. The summed E-state index contributed by atoms with van der Waals surface area (Å²) in [5.41, 5.74) is 4.40. The summed E-state index contributed by atoms with van der Waals surface area (Å²) in [7, 11) is 2.06. The van der Waals surface area contributed by atoms with Crippen LogP contribution in [0, 0.1) is 0 Å². The van der Waals surface area contributed by atoms with Crippen molar-refractivity contribution in [2.24, 2.45) is 7.05 Å². The van der Waals surface area contributed by atoms with Crippen molar-refractivity contribution in [1.82, 2.24) is 19.4 Å². The van der Waals surface area contributed by atoms with E-state index in [0.717, 1.165) is 37.1 Å². The predicted molar refractivity (Wildman–Crippen MR) is 122 cm³/mol. The van der Waals surface area contributed by atoms with Gasteiger partial charge in [0.25, 0.3) is 5.56 Å². The molecule has 0 aliphatic carbocycles. The Labute approximate surface area is 185 Å². The van der Waals surface area contributed by atoms with E-state index in [1.807, 2.05) is 30.3 Å². The van der Waals surface area contributed by atoms with Crippen molar-refractivity contribution in [3.8, 4) is 11.6 Å². The van der Waals surface area contributed by atoms with Gasteiger partial charge in [0, 0.05) is 48.4 Å². The molecule has 0 fully saturated rings. The van der Waals surface area contributed by atoms with Gasteiger partial charge in [0.2, 0.25) is 0 Å².